The highest BCUT2D eigenvalue weighted by Gasteiger charge is 2.63. The predicted molar refractivity (Wildman–Crippen MR) is 143 cm³/mol. The number of carboxylic acids is 1. The van der Waals surface area contributed by atoms with Crippen LogP contribution >= 0.6 is 0 Å². The van der Waals surface area contributed by atoms with Gasteiger partial charge in [0.25, 0.3) is 0 Å². The highest BCUT2D eigenvalue weighted by molar-refractivity contribution is 6.03. The van der Waals surface area contributed by atoms with Gasteiger partial charge in [0.05, 0.1) is 23.9 Å². The van der Waals surface area contributed by atoms with E-state index in [2.05, 4.69) is 16.6 Å². The van der Waals surface area contributed by atoms with Crippen molar-refractivity contribution in [1.29, 1.82) is 0 Å². The molecule has 10 nitrogen and oxygen atoms in total. The first-order valence-electron chi connectivity index (χ1n) is 13.5. The van der Waals surface area contributed by atoms with Gasteiger partial charge in [-0.05, 0) is 67.0 Å². The van der Waals surface area contributed by atoms with E-state index in [1.54, 1.807) is 42.5 Å². The molecule has 4 aliphatic rings. The molecule has 10 heteroatoms. The highest BCUT2D eigenvalue weighted by atomic mass is 16.7. The maximum Gasteiger partial charge on any atom is 0.513 e. The van der Waals surface area contributed by atoms with E-state index in [0.717, 1.165) is 19.4 Å². The van der Waals surface area contributed by atoms with E-state index in [0.29, 0.717) is 41.5 Å². The number of piperidine rings is 2. The lowest BCUT2D eigenvalue weighted by molar-refractivity contribution is -0.158. The number of carbonyl (C=O) groups is 4. The van der Waals surface area contributed by atoms with Gasteiger partial charge in [-0.1, -0.05) is 31.5 Å². The molecule has 1 N–H and O–H groups in total. The average molecular weight is 547 g/mol. The van der Waals surface area contributed by atoms with E-state index in [9.17, 15) is 24.3 Å². The molecule has 3 unspecified atom stereocenters. The third-order valence-corrected chi connectivity index (χ3v) is 8.85. The molecule has 208 valence electrons. The molecule has 1 aliphatic carbocycles. The van der Waals surface area contributed by atoms with Gasteiger partial charge in [0.1, 0.15) is 11.2 Å². The number of benzene rings is 2. The van der Waals surface area contributed by atoms with Crippen LogP contribution in [0.4, 0.5) is 9.59 Å². The standard InChI is InChI=1S/C30H30N2O8/c1-3-18-13-17-15-30(27(34)35)24(18)31(16-17)12-11-21-22-14-20(39-29(37)38-2)9-10-23(22)32(25(21)30)28(36)40-26(33)19-7-5-4-6-8-19/h4-10,14,17-18,24H,3,11-13,15-16H2,1-2H3,(H,34,35)/t17-,18?,24?,30-/m0/s1. The third kappa shape index (κ3) is 3.89. The van der Waals surface area contributed by atoms with Gasteiger partial charge in [-0.25, -0.2) is 19.0 Å². The number of hydrogen-bond acceptors (Lipinski definition) is 8. The molecule has 7 rings (SSSR count). The number of hydrogen-bond donors (Lipinski definition) is 1. The van der Waals surface area contributed by atoms with E-state index in [1.165, 1.54) is 17.7 Å². The minimum atomic E-state index is -1.38. The van der Waals surface area contributed by atoms with Crippen molar-refractivity contribution in [3.05, 3.63) is 65.4 Å². The van der Waals surface area contributed by atoms with Gasteiger partial charge in [-0.2, -0.15) is 0 Å². The fourth-order valence-corrected chi connectivity index (χ4v) is 7.45. The van der Waals surface area contributed by atoms with Gasteiger partial charge in [-0.3, -0.25) is 9.69 Å². The molecule has 4 bridgehead atoms. The fourth-order valence-electron chi connectivity index (χ4n) is 7.45. The Hall–Kier alpha value is -4.18. The molecule has 1 aromatic heterocycles. The fraction of sp³-hybridized carbons (Fsp3) is 0.400. The summed E-state index contributed by atoms with van der Waals surface area (Å²) < 4.78 is 16.5. The molecule has 0 radical (unpaired) electrons. The molecule has 2 aromatic carbocycles. The number of aliphatic carboxylic acids is 1. The van der Waals surface area contributed by atoms with E-state index >= 15 is 0 Å². The quantitative estimate of drug-likeness (QED) is 0.284. The summed E-state index contributed by atoms with van der Waals surface area (Å²) in [6, 6.07) is 12.6. The second kappa shape index (κ2) is 9.78. The normalized spacial score (nSPS) is 26.4. The van der Waals surface area contributed by atoms with E-state index in [1.807, 2.05) is 0 Å². The number of fused-ring (bicyclic) bond motifs is 4. The zero-order chi connectivity index (χ0) is 28.2. The summed E-state index contributed by atoms with van der Waals surface area (Å²) >= 11 is 0. The molecule has 2 saturated heterocycles. The van der Waals surface area contributed by atoms with Gasteiger partial charge in [0.2, 0.25) is 0 Å². The summed E-state index contributed by atoms with van der Waals surface area (Å²) in [7, 11) is 1.20. The number of nitrogens with zero attached hydrogens (tertiary/aromatic N) is 2. The predicted octanol–water partition coefficient (Wildman–Crippen LogP) is 4.61. The van der Waals surface area contributed by atoms with Gasteiger partial charge >= 0.3 is 24.2 Å². The smallest absolute Gasteiger partial charge is 0.480 e. The van der Waals surface area contributed by atoms with Crippen LogP contribution in [0, 0.1) is 11.8 Å². The van der Waals surface area contributed by atoms with Crippen LogP contribution in [0.15, 0.2) is 48.5 Å². The minimum absolute atomic E-state index is 0.140. The van der Waals surface area contributed by atoms with Gasteiger partial charge < -0.3 is 19.3 Å². The molecule has 4 heterocycles. The summed E-state index contributed by atoms with van der Waals surface area (Å²) in [4.78, 5) is 54.4. The zero-order valence-electron chi connectivity index (χ0n) is 22.3. The largest absolute Gasteiger partial charge is 0.513 e. The Bertz CT molecular complexity index is 1530. The maximum absolute atomic E-state index is 13.9. The molecule has 5 atom stereocenters. The Morgan fingerprint density at radius 2 is 1.88 bits per heavy atom. The third-order valence-electron chi connectivity index (χ3n) is 8.85. The molecule has 3 aliphatic heterocycles. The number of carboxylic acid groups (broad SMARTS) is 1. The second-order valence-electron chi connectivity index (χ2n) is 10.9. The van der Waals surface area contributed by atoms with Crippen molar-refractivity contribution in [3.8, 4) is 5.75 Å². The number of methoxy groups -OCH3 is 1. The monoisotopic (exact) mass is 546 g/mol. The number of aromatic nitrogens is 1. The van der Waals surface area contributed by atoms with Crippen molar-refractivity contribution in [2.45, 2.75) is 44.1 Å². The summed E-state index contributed by atoms with van der Waals surface area (Å²) in [5, 5.41) is 11.6. The molecule has 40 heavy (non-hydrogen) atoms. The summed E-state index contributed by atoms with van der Waals surface area (Å²) in [5.41, 5.74) is 0.240. The first-order valence-corrected chi connectivity index (χ1v) is 13.5. The lowest BCUT2D eigenvalue weighted by Crippen LogP contribution is -2.67. The number of esters is 1. The SMILES string of the molecule is CCC1C[C@@H]2CN3CCc4c(n(C(=O)OC(=O)c5ccccc5)c5ccc(OC(=O)OC)cc45)[C@](C(=O)O)(C2)C13. The van der Waals surface area contributed by atoms with Crippen molar-refractivity contribution in [1.82, 2.24) is 9.47 Å². The van der Waals surface area contributed by atoms with E-state index in [-0.39, 0.29) is 29.2 Å². The Labute approximate surface area is 230 Å². The minimum Gasteiger partial charge on any atom is -0.480 e. The van der Waals surface area contributed by atoms with Crippen molar-refractivity contribution >= 4 is 35.1 Å². The molecule has 1 saturated carbocycles. The van der Waals surface area contributed by atoms with Crippen LogP contribution in [-0.2, 0) is 26.1 Å². The number of ether oxygens (including phenoxy) is 3. The van der Waals surface area contributed by atoms with Gasteiger partial charge in [-0.15, -0.1) is 0 Å². The van der Waals surface area contributed by atoms with E-state index in [4.69, 9.17) is 9.47 Å². The van der Waals surface area contributed by atoms with E-state index < -0.39 is 29.6 Å². The molecule has 0 amide bonds. The zero-order valence-corrected chi connectivity index (χ0v) is 22.3. The van der Waals surface area contributed by atoms with Crippen LogP contribution < -0.4 is 4.74 Å². The van der Waals surface area contributed by atoms with Crippen LogP contribution in [-0.4, -0.2) is 65.0 Å². The molecular formula is C30H30N2O8. The summed E-state index contributed by atoms with van der Waals surface area (Å²) in [6.07, 6.45) is 0.756. The van der Waals surface area contributed by atoms with Crippen LogP contribution in [0.2, 0.25) is 0 Å². The van der Waals surface area contributed by atoms with Crippen LogP contribution in [0.3, 0.4) is 0 Å². The molecule has 0 spiro atoms. The summed E-state index contributed by atoms with van der Waals surface area (Å²) in [6.45, 7) is 3.51. The van der Waals surface area contributed by atoms with Gasteiger partial charge in [0.15, 0.2) is 0 Å². The number of carbonyl (C=O) groups excluding carboxylic acids is 3. The molecular weight excluding hydrogens is 516 g/mol. The average Bonchev–Trinajstić information content (AvgIpc) is 3.24. The van der Waals surface area contributed by atoms with Crippen molar-refractivity contribution in [3.63, 3.8) is 0 Å². The Balaban J connectivity index is 1.58. The first-order chi connectivity index (χ1) is 19.3. The summed E-state index contributed by atoms with van der Waals surface area (Å²) in [5.74, 6) is -1.34. The lowest BCUT2D eigenvalue weighted by Gasteiger charge is -2.57. The van der Waals surface area contributed by atoms with Crippen LogP contribution in [0.1, 0.15) is 47.8 Å². The van der Waals surface area contributed by atoms with Gasteiger partial charge in [0, 0.05) is 24.5 Å². The topological polar surface area (TPSA) is 124 Å². The van der Waals surface area contributed by atoms with Crippen molar-refractivity contribution < 1.29 is 38.5 Å². The maximum atomic E-state index is 13.9. The van der Waals surface area contributed by atoms with Crippen molar-refractivity contribution in [2.75, 3.05) is 20.2 Å². The Kier molecular flexibility index (Phi) is 6.37. The first kappa shape index (κ1) is 26.1. The molecule has 3 aromatic rings. The number of rotatable bonds is 4. The highest BCUT2D eigenvalue weighted by Crippen LogP contribution is 2.56. The Morgan fingerprint density at radius 1 is 1.10 bits per heavy atom. The Morgan fingerprint density at radius 3 is 2.58 bits per heavy atom. The molecule has 3 fully saturated rings. The van der Waals surface area contributed by atoms with Crippen LogP contribution in [0.5, 0.6) is 5.75 Å². The van der Waals surface area contributed by atoms with Crippen LogP contribution in [0.25, 0.3) is 10.9 Å². The lowest BCUT2D eigenvalue weighted by atomic mass is 9.56. The van der Waals surface area contributed by atoms with Crippen molar-refractivity contribution in [2.24, 2.45) is 11.8 Å². The second-order valence-corrected chi connectivity index (χ2v) is 10.9.